The van der Waals surface area contributed by atoms with Crippen LogP contribution in [-0.2, 0) is 20.4 Å². The molecule has 1 N–H and O–H groups in total. The number of amides is 1. The number of carbonyl (C=O) groups is 2. The van der Waals surface area contributed by atoms with E-state index in [0.717, 1.165) is 0 Å². The maximum atomic E-state index is 11.8. The van der Waals surface area contributed by atoms with Gasteiger partial charge in [0, 0.05) is 29.6 Å². The van der Waals surface area contributed by atoms with Gasteiger partial charge in [-0.15, -0.1) is 0 Å². The van der Waals surface area contributed by atoms with Crippen LogP contribution in [0.1, 0.15) is 19.8 Å². The van der Waals surface area contributed by atoms with E-state index in [9.17, 15) is 13.8 Å². The molecular formula is C9H15NO4S. The van der Waals surface area contributed by atoms with E-state index in [2.05, 4.69) is 0 Å². The average molecular weight is 233 g/mol. The van der Waals surface area contributed by atoms with Gasteiger partial charge in [-0.3, -0.25) is 13.8 Å². The van der Waals surface area contributed by atoms with Gasteiger partial charge in [0.05, 0.1) is 6.42 Å². The van der Waals surface area contributed by atoms with Crippen LogP contribution in [0.25, 0.3) is 0 Å². The summed E-state index contributed by atoms with van der Waals surface area (Å²) in [6.45, 7) is 2.21. The molecule has 0 saturated carbocycles. The number of carboxylic acid groups (broad SMARTS) is 1. The molecule has 0 aromatic carbocycles. The van der Waals surface area contributed by atoms with Gasteiger partial charge >= 0.3 is 5.97 Å². The van der Waals surface area contributed by atoms with Gasteiger partial charge in [0.25, 0.3) is 0 Å². The fourth-order valence-corrected chi connectivity index (χ4v) is 3.20. The third-order valence-electron chi connectivity index (χ3n) is 2.52. The van der Waals surface area contributed by atoms with Gasteiger partial charge in [-0.25, -0.2) is 0 Å². The van der Waals surface area contributed by atoms with Crippen molar-refractivity contribution in [3.63, 3.8) is 0 Å². The molecule has 3 atom stereocenters. The first-order valence-electron chi connectivity index (χ1n) is 4.79. The van der Waals surface area contributed by atoms with E-state index < -0.39 is 27.3 Å². The summed E-state index contributed by atoms with van der Waals surface area (Å²) in [6.07, 6.45) is 0.409. The van der Waals surface area contributed by atoms with Gasteiger partial charge in [0.15, 0.2) is 0 Å². The lowest BCUT2D eigenvalue weighted by molar-refractivity contribution is -0.137. The second-order valence-corrected chi connectivity index (χ2v) is 5.80. The molecule has 0 aliphatic carbocycles. The van der Waals surface area contributed by atoms with Crippen LogP contribution in [0.15, 0.2) is 0 Å². The van der Waals surface area contributed by atoms with Gasteiger partial charge < -0.3 is 10.0 Å². The van der Waals surface area contributed by atoms with Crippen LogP contribution < -0.4 is 0 Å². The quantitative estimate of drug-likeness (QED) is 0.731. The van der Waals surface area contributed by atoms with Crippen LogP contribution in [0.2, 0.25) is 0 Å². The fraction of sp³-hybridized carbons (Fsp3) is 0.778. The van der Waals surface area contributed by atoms with Crippen molar-refractivity contribution in [2.24, 2.45) is 0 Å². The smallest absolute Gasteiger partial charge is 0.304 e. The Morgan fingerprint density at radius 1 is 1.73 bits per heavy atom. The monoisotopic (exact) mass is 233 g/mol. The van der Waals surface area contributed by atoms with Crippen molar-refractivity contribution in [2.75, 3.05) is 13.6 Å². The summed E-state index contributed by atoms with van der Waals surface area (Å²) >= 11 is 0. The molecule has 6 heteroatoms. The fourth-order valence-electron chi connectivity index (χ4n) is 1.61. The van der Waals surface area contributed by atoms with E-state index in [1.165, 1.54) is 4.90 Å². The number of carbonyl (C=O) groups excluding carboxylic acids is 1. The van der Waals surface area contributed by atoms with E-state index >= 15 is 0 Å². The molecule has 15 heavy (non-hydrogen) atoms. The highest BCUT2D eigenvalue weighted by Gasteiger charge is 2.36. The van der Waals surface area contributed by atoms with Crippen molar-refractivity contribution in [1.82, 2.24) is 4.90 Å². The average Bonchev–Trinajstić information content (AvgIpc) is 2.45. The van der Waals surface area contributed by atoms with Crippen molar-refractivity contribution >= 4 is 22.7 Å². The number of carboxylic acids is 1. The van der Waals surface area contributed by atoms with E-state index in [-0.39, 0.29) is 12.3 Å². The molecule has 0 spiro atoms. The van der Waals surface area contributed by atoms with Crippen LogP contribution in [0.5, 0.6) is 0 Å². The Bertz CT molecular complexity index is 304. The molecule has 0 bridgehead atoms. The number of likely N-dealkylation sites (tertiary alicyclic amines) is 1. The van der Waals surface area contributed by atoms with Gasteiger partial charge in [-0.2, -0.15) is 0 Å². The first-order chi connectivity index (χ1) is 6.93. The molecule has 1 aliphatic rings. The molecule has 0 aromatic heterocycles. The zero-order valence-corrected chi connectivity index (χ0v) is 9.62. The predicted octanol–water partition coefficient (Wildman–Crippen LogP) is -0.171. The first-order valence-corrected chi connectivity index (χ1v) is 6.07. The zero-order valence-electron chi connectivity index (χ0n) is 8.80. The summed E-state index contributed by atoms with van der Waals surface area (Å²) in [5, 5.41) is 7.58. The molecule has 1 amide bonds. The predicted molar refractivity (Wildman–Crippen MR) is 55.9 cm³/mol. The number of rotatable bonds is 4. The van der Waals surface area contributed by atoms with E-state index in [1.54, 1.807) is 14.0 Å². The van der Waals surface area contributed by atoms with E-state index in [4.69, 9.17) is 5.11 Å². The first kappa shape index (κ1) is 12.2. The molecule has 5 nitrogen and oxygen atoms in total. The summed E-state index contributed by atoms with van der Waals surface area (Å²) in [4.78, 5) is 23.5. The molecule has 1 rings (SSSR count). The molecule has 0 aromatic rings. The second kappa shape index (κ2) is 4.74. The molecule has 3 unspecified atom stereocenters. The van der Waals surface area contributed by atoms with Crippen molar-refractivity contribution in [2.45, 2.75) is 30.3 Å². The van der Waals surface area contributed by atoms with Crippen LogP contribution >= 0.6 is 0 Å². The largest absolute Gasteiger partial charge is 0.481 e. The Kier molecular flexibility index (Phi) is 3.84. The number of aliphatic carboxylic acids is 1. The van der Waals surface area contributed by atoms with Crippen LogP contribution in [-0.4, -0.2) is 50.2 Å². The Balaban J connectivity index is 2.61. The normalized spacial score (nSPS) is 25.3. The molecule has 86 valence electrons. The van der Waals surface area contributed by atoms with Gasteiger partial charge in [0.2, 0.25) is 5.91 Å². The Morgan fingerprint density at radius 2 is 2.33 bits per heavy atom. The van der Waals surface area contributed by atoms with Crippen molar-refractivity contribution in [1.29, 1.82) is 0 Å². The van der Waals surface area contributed by atoms with Crippen molar-refractivity contribution < 1.29 is 18.9 Å². The Hall–Kier alpha value is -0.910. The van der Waals surface area contributed by atoms with E-state index in [0.29, 0.717) is 13.0 Å². The molecule has 1 fully saturated rings. The van der Waals surface area contributed by atoms with Crippen LogP contribution in [0.3, 0.4) is 0 Å². The summed E-state index contributed by atoms with van der Waals surface area (Å²) < 4.78 is 11.8. The highest BCUT2D eigenvalue weighted by molar-refractivity contribution is 7.87. The van der Waals surface area contributed by atoms with Crippen molar-refractivity contribution in [3.8, 4) is 0 Å². The summed E-state index contributed by atoms with van der Waals surface area (Å²) in [5.74, 6) is -1.11. The van der Waals surface area contributed by atoms with Crippen LogP contribution in [0.4, 0.5) is 0 Å². The third kappa shape index (κ3) is 2.77. The summed E-state index contributed by atoms with van der Waals surface area (Å²) in [5.41, 5.74) is 0. The number of hydrogen-bond donors (Lipinski definition) is 1. The summed E-state index contributed by atoms with van der Waals surface area (Å²) in [6, 6.07) is 0. The van der Waals surface area contributed by atoms with Gasteiger partial charge in [-0.05, 0) is 6.42 Å². The minimum Gasteiger partial charge on any atom is -0.481 e. The number of hydrogen-bond acceptors (Lipinski definition) is 3. The molecule has 0 radical (unpaired) electrons. The highest BCUT2D eigenvalue weighted by Crippen LogP contribution is 2.19. The molecule has 1 heterocycles. The highest BCUT2D eigenvalue weighted by atomic mass is 32.2. The lowest BCUT2D eigenvalue weighted by atomic mass is 10.3. The minimum atomic E-state index is -1.38. The Morgan fingerprint density at radius 3 is 2.73 bits per heavy atom. The zero-order chi connectivity index (χ0) is 11.6. The van der Waals surface area contributed by atoms with E-state index in [1.807, 2.05) is 0 Å². The third-order valence-corrected chi connectivity index (χ3v) is 4.48. The van der Waals surface area contributed by atoms with Gasteiger partial charge in [-0.1, -0.05) is 6.92 Å². The SMILES string of the molecule is CC(CC(=O)O)S(=O)C1CCN(C)C1=O. The lowest BCUT2D eigenvalue weighted by Gasteiger charge is -2.14. The van der Waals surface area contributed by atoms with Crippen molar-refractivity contribution in [3.05, 3.63) is 0 Å². The standard InChI is InChI=1S/C9H15NO4S/c1-6(5-8(11)12)15(14)7-3-4-10(2)9(7)13/h6-7H,3-5H2,1-2H3,(H,11,12). The minimum absolute atomic E-state index is 0.134. The molecule has 1 saturated heterocycles. The maximum Gasteiger partial charge on any atom is 0.304 e. The number of nitrogens with zero attached hydrogens (tertiary/aromatic N) is 1. The summed E-state index contributed by atoms with van der Waals surface area (Å²) in [7, 11) is 0.285. The second-order valence-electron chi connectivity index (χ2n) is 3.77. The maximum absolute atomic E-state index is 11.8. The van der Waals surface area contributed by atoms with Gasteiger partial charge in [0.1, 0.15) is 5.25 Å². The molecular weight excluding hydrogens is 218 g/mol. The molecule has 1 aliphatic heterocycles. The van der Waals surface area contributed by atoms with Crippen LogP contribution in [0, 0.1) is 0 Å². The Labute approximate surface area is 90.9 Å². The lowest BCUT2D eigenvalue weighted by Crippen LogP contribution is -2.33. The topological polar surface area (TPSA) is 74.7 Å².